The number of hydrogen-bond donors (Lipinski definition) is 0. The molecule has 1 nitrogen and oxygen atoms in total. The average Bonchev–Trinajstić information content (AvgIpc) is 1.61. The minimum absolute atomic E-state index is 0.244. The maximum absolute atomic E-state index is 3.87. The van der Waals surface area contributed by atoms with Gasteiger partial charge < -0.3 is 4.99 Å². The van der Waals surface area contributed by atoms with Crippen LogP contribution in [0.3, 0.4) is 0 Å². The largest absolute Gasteiger partial charge is 0.300 e. The molecule has 0 aromatic heterocycles. The highest BCUT2D eigenvalue weighted by molar-refractivity contribution is 7.56. The maximum Gasteiger partial charge on any atom is 0.0273 e. The monoisotopic (exact) mass is 117 g/mol. The van der Waals surface area contributed by atoms with Gasteiger partial charge in [0.1, 0.15) is 0 Å². The fourth-order valence-electron chi connectivity index (χ4n) is 0.245. The molecule has 42 valence electrons. The van der Waals surface area contributed by atoms with E-state index < -0.39 is 0 Å². The first-order valence-electron chi connectivity index (χ1n) is 2.32. The molecule has 0 aromatic rings. The van der Waals surface area contributed by atoms with Gasteiger partial charge in [0.15, 0.2) is 0 Å². The van der Waals surface area contributed by atoms with E-state index in [0.717, 1.165) is 0 Å². The van der Waals surface area contributed by atoms with Crippen molar-refractivity contribution in [2.75, 3.05) is 26.5 Å². The van der Waals surface area contributed by atoms with E-state index in [1.165, 1.54) is 6.16 Å². The summed E-state index contributed by atoms with van der Waals surface area (Å²) in [6, 6.07) is 0. The van der Waals surface area contributed by atoms with Crippen LogP contribution in [0.15, 0.2) is 4.99 Å². The Bertz CT molecular complexity index is 59.1. The van der Waals surface area contributed by atoms with Crippen LogP contribution >= 0.6 is 7.92 Å². The van der Waals surface area contributed by atoms with Crippen molar-refractivity contribution >= 4 is 14.1 Å². The molecule has 0 fully saturated rings. The van der Waals surface area contributed by atoms with Crippen molar-refractivity contribution in [2.24, 2.45) is 4.99 Å². The van der Waals surface area contributed by atoms with Gasteiger partial charge in [0.05, 0.1) is 0 Å². The van der Waals surface area contributed by atoms with Gasteiger partial charge in [0.2, 0.25) is 0 Å². The highest BCUT2D eigenvalue weighted by Gasteiger charge is 1.83. The Morgan fingerprint density at radius 1 is 1.57 bits per heavy atom. The second kappa shape index (κ2) is 4.26. The van der Waals surface area contributed by atoms with Crippen molar-refractivity contribution in [1.29, 1.82) is 0 Å². The zero-order valence-corrected chi connectivity index (χ0v) is 6.07. The summed E-state index contributed by atoms with van der Waals surface area (Å²) in [5.41, 5.74) is 0. The summed E-state index contributed by atoms with van der Waals surface area (Å²) in [5.74, 6) is 0. The van der Waals surface area contributed by atoms with Gasteiger partial charge in [-0.2, -0.15) is 0 Å². The number of aliphatic imine (C=N–C) groups is 1. The molecule has 0 aliphatic carbocycles. The minimum Gasteiger partial charge on any atom is -0.300 e. The minimum atomic E-state index is 0.244. The molecule has 0 atom stereocenters. The zero-order chi connectivity index (χ0) is 5.70. The first-order chi connectivity index (χ1) is 3.27. The Balaban J connectivity index is 2.97. The van der Waals surface area contributed by atoms with E-state index in [-0.39, 0.29) is 7.92 Å². The Morgan fingerprint density at radius 3 is 2.29 bits per heavy atom. The van der Waals surface area contributed by atoms with Crippen LogP contribution in [0, 0.1) is 0 Å². The van der Waals surface area contributed by atoms with E-state index in [1.807, 2.05) is 13.3 Å². The Hall–Kier alpha value is 0.100. The van der Waals surface area contributed by atoms with Crippen LogP contribution in [0.4, 0.5) is 0 Å². The molecule has 0 aliphatic rings. The van der Waals surface area contributed by atoms with Crippen LogP contribution in [0.1, 0.15) is 0 Å². The van der Waals surface area contributed by atoms with Gasteiger partial charge in [0, 0.05) is 19.4 Å². The van der Waals surface area contributed by atoms with Gasteiger partial charge in [0.25, 0.3) is 0 Å². The van der Waals surface area contributed by atoms with Crippen LogP contribution in [0.5, 0.6) is 0 Å². The lowest BCUT2D eigenvalue weighted by Gasteiger charge is -1.94. The van der Waals surface area contributed by atoms with Crippen LogP contribution in [-0.2, 0) is 0 Å². The molecule has 0 aliphatic heterocycles. The normalized spacial score (nSPS) is 11.4. The van der Waals surface area contributed by atoms with Crippen molar-refractivity contribution in [3.63, 3.8) is 0 Å². The van der Waals surface area contributed by atoms with Crippen molar-refractivity contribution in [3.05, 3.63) is 0 Å². The standard InChI is InChI=1S/C5H12NP/c1-6-4-5-7(2)3/h4H,5H2,1-3H3/b6-4-. The Morgan fingerprint density at radius 2 is 2.14 bits per heavy atom. The third kappa shape index (κ3) is 6.10. The Labute approximate surface area is 46.6 Å². The predicted molar refractivity (Wildman–Crippen MR) is 38.1 cm³/mol. The molecular weight excluding hydrogens is 105 g/mol. The molecule has 0 heterocycles. The third-order valence-electron chi connectivity index (χ3n) is 0.629. The van der Waals surface area contributed by atoms with Crippen LogP contribution in [-0.4, -0.2) is 32.8 Å². The van der Waals surface area contributed by atoms with E-state index in [0.29, 0.717) is 0 Å². The van der Waals surface area contributed by atoms with E-state index in [1.54, 1.807) is 0 Å². The maximum atomic E-state index is 3.87. The fraction of sp³-hybridized carbons (Fsp3) is 0.800. The molecule has 0 saturated carbocycles. The van der Waals surface area contributed by atoms with Gasteiger partial charge in [-0.3, -0.25) is 0 Å². The van der Waals surface area contributed by atoms with Crippen molar-refractivity contribution in [3.8, 4) is 0 Å². The highest BCUT2D eigenvalue weighted by Crippen LogP contribution is 2.21. The molecule has 0 aromatic carbocycles. The number of rotatable bonds is 2. The summed E-state index contributed by atoms with van der Waals surface area (Å²) in [6.07, 6.45) is 3.15. The summed E-state index contributed by atoms with van der Waals surface area (Å²) in [6.45, 7) is 4.49. The zero-order valence-electron chi connectivity index (χ0n) is 5.18. The third-order valence-corrected chi connectivity index (χ3v) is 1.52. The number of hydrogen-bond acceptors (Lipinski definition) is 1. The van der Waals surface area contributed by atoms with Crippen LogP contribution in [0.25, 0.3) is 0 Å². The first kappa shape index (κ1) is 7.10. The van der Waals surface area contributed by atoms with Crippen molar-refractivity contribution < 1.29 is 0 Å². The summed E-state index contributed by atoms with van der Waals surface area (Å²) in [7, 11) is 2.06. The van der Waals surface area contributed by atoms with E-state index in [9.17, 15) is 0 Å². The van der Waals surface area contributed by atoms with E-state index >= 15 is 0 Å². The van der Waals surface area contributed by atoms with Crippen molar-refractivity contribution in [2.45, 2.75) is 0 Å². The molecule has 0 amide bonds. The molecule has 2 heteroatoms. The Kier molecular flexibility index (Phi) is 4.32. The molecule has 0 spiro atoms. The topological polar surface area (TPSA) is 12.4 Å². The quantitative estimate of drug-likeness (QED) is 0.383. The molecule has 0 N–H and O–H groups in total. The van der Waals surface area contributed by atoms with Gasteiger partial charge in [-0.05, 0) is 13.3 Å². The van der Waals surface area contributed by atoms with E-state index in [2.05, 4.69) is 18.3 Å². The molecule has 0 bridgehead atoms. The van der Waals surface area contributed by atoms with Gasteiger partial charge in [-0.15, -0.1) is 7.92 Å². The van der Waals surface area contributed by atoms with Crippen molar-refractivity contribution in [1.82, 2.24) is 0 Å². The summed E-state index contributed by atoms with van der Waals surface area (Å²) >= 11 is 0. The number of nitrogens with zero attached hydrogens (tertiary/aromatic N) is 1. The molecule has 0 radical (unpaired) electrons. The van der Waals surface area contributed by atoms with E-state index in [4.69, 9.17) is 0 Å². The fourth-order valence-corrected chi connectivity index (χ4v) is 0.735. The predicted octanol–water partition coefficient (Wildman–Crippen LogP) is 1.43. The van der Waals surface area contributed by atoms with Gasteiger partial charge >= 0.3 is 0 Å². The van der Waals surface area contributed by atoms with Gasteiger partial charge in [-0.1, -0.05) is 0 Å². The molecule has 0 saturated heterocycles. The lowest BCUT2D eigenvalue weighted by molar-refractivity contribution is 1.46. The lowest BCUT2D eigenvalue weighted by Crippen LogP contribution is -1.79. The molecule has 7 heavy (non-hydrogen) atoms. The second-order valence-corrected chi connectivity index (χ2v) is 4.23. The first-order valence-corrected chi connectivity index (χ1v) is 4.75. The highest BCUT2D eigenvalue weighted by atomic mass is 31.1. The van der Waals surface area contributed by atoms with Crippen LogP contribution in [0.2, 0.25) is 0 Å². The molecule has 0 rings (SSSR count). The van der Waals surface area contributed by atoms with Crippen LogP contribution < -0.4 is 0 Å². The average molecular weight is 117 g/mol. The summed E-state index contributed by atoms with van der Waals surface area (Å²) in [4.78, 5) is 3.87. The van der Waals surface area contributed by atoms with Gasteiger partial charge in [-0.25, -0.2) is 0 Å². The SMILES string of the molecule is C/N=C\CP(C)C. The second-order valence-electron chi connectivity index (χ2n) is 1.70. The summed E-state index contributed by atoms with van der Waals surface area (Å²) < 4.78 is 0. The molecular formula is C5H12NP. The molecule has 0 unspecified atom stereocenters. The summed E-state index contributed by atoms with van der Waals surface area (Å²) in [5, 5.41) is 0. The smallest absolute Gasteiger partial charge is 0.0273 e. The lowest BCUT2D eigenvalue weighted by atomic mass is 10.9.